The smallest absolute Gasteiger partial charge is 0.126 e. The van der Waals surface area contributed by atoms with Gasteiger partial charge in [-0.1, -0.05) is 23.8 Å². The van der Waals surface area contributed by atoms with Crippen LogP contribution in [0.4, 0.5) is 5.82 Å². The maximum atomic E-state index is 4.48. The second-order valence-corrected chi connectivity index (χ2v) is 5.40. The topological polar surface area (TPSA) is 24.9 Å². The van der Waals surface area contributed by atoms with Crippen molar-refractivity contribution in [1.29, 1.82) is 0 Å². The summed E-state index contributed by atoms with van der Waals surface area (Å²) >= 11 is 3.46. The first-order chi connectivity index (χ1) is 8.56. The standard InChI is InChI=1S/C15H17BrN2/c1-10-4-5-11(2)13(8-10)9-17-15-7-6-14(16)12(3)18-15/h4-8H,9H2,1-3H3,(H,17,18). The highest BCUT2D eigenvalue weighted by molar-refractivity contribution is 9.10. The fraction of sp³-hybridized carbons (Fsp3) is 0.267. The molecular weight excluding hydrogens is 288 g/mol. The Kier molecular flexibility index (Phi) is 4.02. The van der Waals surface area contributed by atoms with Crippen LogP contribution in [0, 0.1) is 20.8 Å². The lowest BCUT2D eigenvalue weighted by atomic mass is 10.1. The fourth-order valence-corrected chi connectivity index (χ4v) is 2.04. The monoisotopic (exact) mass is 304 g/mol. The van der Waals surface area contributed by atoms with E-state index in [2.05, 4.69) is 58.3 Å². The zero-order valence-corrected chi connectivity index (χ0v) is 12.5. The van der Waals surface area contributed by atoms with Gasteiger partial charge in [-0.15, -0.1) is 0 Å². The van der Waals surface area contributed by atoms with Crippen LogP contribution in [0.5, 0.6) is 0 Å². The number of halogens is 1. The molecule has 0 bridgehead atoms. The minimum absolute atomic E-state index is 0.807. The second-order valence-electron chi connectivity index (χ2n) is 4.55. The third-order valence-electron chi connectivity index (χ3n) is 2.99. The molecule has 0 unspecified atom stereocenters. The van der Waals surface area contributed by atoms with E-state index >= 15 is 0 Å². The van der Waals surface area contributed by atoms with Crippen LogP contribution in [-0.4, -0.2) is 4.98 Å². The van der Waals surface area contributed by atoms with Crippen molar-refractivity contribution in [2.24, 2.45) is 0 Å². The molecule has 0 fully saturated rings. The quantitative estimate of drug-likeness (QED) is 0.910. The fourth-order valence-electron chi connectivity index (χ4n) is 1.82. The summed E-state index contributed by atoms with van der Waals surface area (Å²) in [6.45, 7) is 7.05. The Morgan fingerprint density at radius 2 is 1.89 bits per heavy atom. The number of anilines is 1. The van der Waals surface area contributed by atoms with Crippen LogP contribution >= 0.6 is 15.9 Å². The molecule has 0 aliphatic carbocycles. The number of pyridine rings is 1. The molecule has 0 atom stereocenters. The van der Waals surface area contributed by atoms with Gasteiger partial charge in [-0.25, -0.2) is 4.98 Å². The third-order valence-corrected chi connectivity index (χ3v) is 3.82. The van der Waals surface area contributed by atoms with Gasteiger partial charge in [-0.05, 0) is 60.0 Å². The average molecular weight is 305 g/mol. The number of hydrogen-bond donors (Lipinski definition) is 1. The maximum absolute atomic E-state index is 4.48. The summed E-state index contributed by atoms with van der Waals surface area (Å²) in [7, 11) is 0. The van der Waals surface area contributed by atoms with E-state index in [4.69, 9.17) is 0 Å². The summed E-state index contributed by atoms with van der Waals surface area (Å²) in [6, 6.07) is 10.5. The molecule has 2 nitrogen and oxygen atoms in total. The van der Waals surface area contributed by atoms with Gasteiger partial charge in [0, 0.05) is 11.0 Å². The van der Waals surface area contributed by atoms with E-state index in [0.717, 1.165) is 22.5 Å². The van der Waals surface area contributed by atoms with Crippen molar-refractivity contribution in [2.75, 3.05) is 5.32 Å². The first-order valence-corrected chi connectivity index (χ1v) is 6.79. The highest BCUT2D eigenvalue weighted by atomic mass is 79.9. The van der Waals surface area contributed by atoms with Crippen molar-refractivity contribution in [1.82, 2.24) is 4.98 Å². The van der Waals surface area contributed by atoms with Crippen LogP contribution in [0.2, 0.25) is 0 Å². The molecule has 3 heteroatoms. The summed E-state index contributed by atoms with van der Waals surface area (Å²) in [4.78, 5) is 4.48. The van der Waals surface area contributed by atoms with Crippen LogP contribution in [0.25, 0.3) is 0 Å². The SMILES string of the molecule is Cc1ccc(C)c(CNc2ccc(Br)c(C)n2)c1. The molecule has 2 rings (SSSR count). The predicted molar refractivity (Wildman–Crippen MR) is 79.9 cm³/mol. The summed E-state index contributed by atoms with van der Waals surface area (Å²) < 4.78 is 1.04. The van der Waals surface area contributed by atoms with Gasteiger partial charge in [-0.2, -0.15) is 0 Å². The van der Waals surface area contributed by atoms with E-state index < -0.39 is 0 Å². The number of rotatable bonds is 3. The van der Waals surface area contributed by atoms with Gasteiger partial charge >= 0.3 is 0 Å². The summed E-state index contributed by atoms with van der Waals surface area (Å²) in [5.74, 6) is 0.914. The molecule has 1 N–H and O–H groups in total. The Morgan fingerprint density at radius 1 is 1.11 bits per heavy atom. The molecule has 0 spiro atoms. The van der Waals surface area contributed by atoms with Crippen molar-refractivity contribution < 1.29 is 0 Å². The zero-order valence-electron chi connectivity index (χ0n) is 10.9. The first-order valence-electron chi connectivity index (χ1n) is 5.99. The van der Waals surface area contributed by atoms with Crippen molar-refractivity contribution >= 4 is 21.7 Å². The van der Waals surface area contributed by atoms with Crippen LogP contribution in [0.3, 0.4) is 0 Å². The minimum atomic E-state index is 0.807. The van der Waals surface area contributed by atoms with Crippen LogP contribution < -0.4 is 5.32 Å². The van der Waals surface area contributed by atoms with Gasteiger partial charge in [0.1, 0.15) is 5.82 Å². The van der Waals surface area contributed by atoms with E-state index in [1.54, 1.807) is 0 Å². The summed E-state index contributed by atoms with van der Waals surface area (Å²) in [5, 5.41) is 3.37. The molecule has 18 heavy (non-hydrogen) atoms. The molecule has 94 valence electrons. The van der Waals surface area contributed by atoms with Crippen LogP contribution in [0.15, 0.2) is 34.8 Å². The van der Waals surface area contributed by atoms with Crippen molar-refractivity contribution in [3.63, 3.8) is 0 Å². The number of nitrogens with one attached hydrogen (secondary N) is 1. The first kappa shape index (κ1) is 13.1. The van der Waals surface area contributed by atoms with Crippen molar-refractivity contribution in [3.8, 4) is 0 Å². The van der Waals surface area contributed by atoms with E-state index in [1.807, 2.05) is 19.1 Å². The lowest BCUT2D eigenvalue weighted by Gasteiger charge is -2.10. The predicted octanol–water partition coefficient (Wildman–Crippen LogP) is 4.38. The van der Waals surface area contributed by atoms with E-state index in [9.17, 15) is 0 Å². The number of nitrogens with zero attached hydrogens (tertiary/aromatic N) is 1. The Labute approximate surface area is 117 Å². The third kappa shape index (κ3) is 3.10. The van der Waals surface area contributed by atoms with Gasteiger partial charge in [0.15, 0.2) is 0 Å². The van der Waals surface area contributed by atoms with Gasteiger partial charge in [0.25, 0.3) is 0 Å². The number of aryl methyl sites for hydroxylation is 3. The Bertz CT molecular complexity index is 564. The highest BCUT2D eigenvalue weighted by Crippen LogP contribution is 2.17. The lowest BCUT2D eigenvalue weighted by molar-refractivity contribution is 1.06. The van der Waals surface area contributed by atoms with E-state index in [0.29, 0.717) is 0 Å². The highest BCUT2D eigenvalue weighted by Gasteiger charge is 2.01. The number of benzene rings is 1. The molecule has 0 aliphatic rings. The summed E-state index contributed by atoms with van der Waals surface area (Å²) in [6.07, 6.45) is 0. The van der Waals surface area contributed by atoms with Crippen LogP contribution in [-0.2, 0) is 6.54 Å². The summed E-state index contributed by atoms with van der Waals surface area (Å²) in [5.41, 5.74) is 4.91. The lowest BCUT2D eigenvalue weighted by Crippen LogP contribution is -2.04. The molecule has 1 heterocycles. The van der Waals surface area contributed by atoms with Gasteiger partial charge in [-0.3, -0.25) is 0 Å². The molecule has 0 saturated carbocycles. The van der Waals surface area contributed by atoms with E-state index in [1.165, 1.54) is 16.7 Å². The molecular formula is C15H17BrN2. The largest absolute Gasteiger partial charge is 0.366 e. The molecule has 0 amide bonds. The second kappa shape index (κ2) is 5.53. The molecule has 0 radical (unpaired) electrons. The normalized spacial score (nSPS) is 10.4. The molecule has 0 aliphatic heterocycles. The van der Waals surface area contributed by atoms with Gasteiger partial charge < -0.3 is 5.32 Å². The molecule has 1 aromatic carbocycles. The molecule has 0 saturated heterocycles. The number of aromatic nitrogens is 1. The van der Waals surface area contributed by atoms with E-state index in [-0.39, 0.29) is 0 Å². The molecule has 2 aromatic rings. The van der Waals surface area contributed by atoms with Crippen LogP contribution in [0.1, 0.15) is 22.4 Å². The minimum Gasteiger partial charge on any atom is -0.366 e. The van der Waals surface area contributed by atoms with Gasteiger partial charge in [0.05, 0.1) is 5.69 Å². The zero-order chi connectivity index (χ0) is 13.1. The number of hydrogen-bond acceptors (Lipinski definition) is 2. The van der Waals surface area contributed by atoms with Crippen molar-refractivity contribution in [2.45, 2.75) is 27.3 Å². The molecule has 1 aromatic heterocycles. The maximum Gasteiger partial charge on any atom is 0.126 e. The van der Waals surface area contributed by atoms with Gasteiger partial charge in [0.2, 0.25) is 0 Å². The Hall–Kier alpha value is -1.35. The Balaban J connectivity index is 2.11. The van der Waals surface area contributed by atoms with Crippen molar-refractivity contribution in [3.05, 3.63) is 57.2 Å². The average Bonchev–Trinajstić information content (AvgIpc) is 2.34. The Morgan fingerprint density at radius 3 is 2.61 bits per heavy atom.